The maximum Gasteiger partial charge on any atom is 0.306 e. The van der Waals surface area contributed by atoms with Crippen LogP contribution in [0.3, 0.4) is 0 Å². The number of hydrogen-bond donors (Lipinski definition) is 0. The smallest absolute Gasteiger partial charge is 0.306 e. The van der Waals surface area contributed by atoms with Gasteiger partial charge in [0.1, 0.15) is 13.2 Å². The van der Waals surface area contributed by atoms with Crippen LogP contribution in [0.1, 0.15) is 271 Å². The van der Waals surface area contributed by atoms with E-state index in [1.54, 1.807) is 0 Å². The van der Waals surface area contributed by atoms with Gasteiger partial charge in [-0.05, 0) is 83.5 Å². The fourth-order valence-corrected chi connectivity index (χ4v) is 7.74. The summed E-state index contributed by atoms with van der Waals surface area (Å²) < 4.78 is 16.8. The lowest BCUT2D eigenvalue weighted by Crippen LogP contribution is -2.30. The van der Waals surface area contributed by atoms with E-state index in [-0.39, 0.29) is 31.1 Å². The molecule has 0 radical (unpaired) electrons. The highest BCUT2D eigenvalue weighted by Gasteiger charge is 2.19. The standard InChI is InChI=1S/C60H104O6/c1-4-7-10-13-16-19-22-24-26-28-30-32-34-36-38-41-44-47-50-53-59(62)65-56-57(55-64-58(61)52-49-46-43-40-21-18-15-12-9-6-3)66-60(63)54-51-48-45-42-39-37-35-33-31-29-27-25-23-20-17-14-11-8-5-2/h7,10,15-16,18-19,24,26,30,32,36,38,57H,4-6,8-9,11-14,17,20-23,25,27-29,31,33-35,37,39-56H2,1-3H3/b10-7-,18-15-,19-16-,26-24-,32-30-,38-36-. The average molecular weight is 921 g/mol. The molecule has 0 aromatic heterocycles. The normalized spacial score (nSPS) is 12.6. The Morgan fingerprint density at radius 2 is 0.606 bits per heavy atom. The first-order chi connectivity index (χ1) is 32.5. The lowest BCUT2D eigenvalue weighted by molar-refractivity contribution is -0.167. The van der Waals surface area contributed by atoms with E-state index in [1.165, 1.54) is 116 Å². The predicted molar refractivity (Wildman–Crippen MR) is 284 cm³/mol. The van der Waals surface area contributed by atoms with Crippen molar-refractivity contribution < 1.29 is 28.6 Å². The first-order valence-corrected chi connectivity index (χ1v) is 27.9. The van der Waals surface area contributed by atoms with E-state index in [2.05, 4.69) is 93.7 Å². The Kier molecular flexibility index (Phi) is 51.9. The van der Waals surface area contributed by atoms with Gasteiger partial charge in [-0.15, -0.1) is 0 Å². The zero-order chi connectivity index (χ0) is 47.9. The molecule has 0 aliphatic heterocycles. The first-order valence-electron chi connectivity index (χ1n) is 27.9. The highest BCUT2D eigenvalue weighted by molar-refractivity contribution is 5.71. The molecule has 0 aromatic rings. The summed E-state index contributed by atoms with van der Waals surface area (Å²) in [6.45, 7) is 6.46. The van der Waals surface area contributed by atoms with Gasteiger partial charge in [0.25, 0.3) is 0 Å². The third kappa shape index (κ3) is 51.8. The van der Waals surface area contributed by atoms with E-state index in [9.17, 15) is 14.4 Å². The number of hydrogen-bond acceptors (Lipinski definition) is 6. The molecule has 0 aromatic carbocycles. The van der Waals surface area contributed by atoms with E-state index in [4.69, 9.17) is 14.2 Å². The van der Waals surface area contributed by atoms with Crippen LogP contribution in [0.4, 0.5) is 0 Å². The lowest BCUT2D eigenvalue weighted by Gasteiger charge is -2.18. The third-order valence-corrected chi connectivity index (χ3v) is 11.9. The molecule has 0 heterocycles. The van der Waals surface area contributed by atoms with E-state index < -0.39 is 6.10 Å². The Morgan fingerprint density at radius 3 is 1.00 bits per heavy atom. The fourth-order valence-electron chi connectivity index (χ4n) is 7.74. The molecule has 66 heavy (non-hydrogen) atoms. The van der Waals surface area contributed by atoms with Gasteiger partial charge in [-0.3, -0.25) is 14.4 Å². The van der Waals surface area contributed by atoms with Crippen molar-refractivity contribution in [3.05, 3.63) is 72.9 Å². The summed E-state index contributed by atoms with van der Waals surface area (Å²) in [5.74, 6) is -0.928. The van der Waals surface area contributed by atoms with Gasteiger partial charge < -0.3 is 14.2 Å². The number of esters is 3. The third-order valence-electron chi connectivity index (χ3n) is 11.9. The number of carbonyl (C=O) groups is 3. The molecule has 0 bridgehead atoms. The number of rotatable bonds is 50. The molecule has 0 saturated heterocycles. The molecule has 0 spiro atoms. The molecule has 0 fully saturated rings. The molecule has 1 unspecified atom stereocenters. The van der Waals surface area contributed by atoms with Gasteiger partial charge >= 0.3 is 17.9 Å². The van der Waals surface area contributed by atoms with Crippen LogP contribution in [-0.4, -0.2) is 37.2 Å². The average Bonchev–Trinajstić information content (AvgIpc) is 3.31. The van der Waals surface area contributed by atoms with Crippen LogP contribution in [0.2, 0.25) is 0 Å². The van der Waals surface area contributed by atoms with Crippen LogP contribution in [0.15, 0.2) is 72.9 Å². The zero-order valence-electron chi connectivity index (χ0n) is 43.4. The quantitative estimate of drug-likeness (QED) is 0.0262. The van der Waals surface area contributed by atoms with Crippen LogP contribution >= 0.6 is 0 Å². The maximum atomic E-state index is 12.8. The van der Waals surface area contributed by atoms with Crippen molar-refractivity contribution in [2.24, 2.45) is 0 Å². The first kappa shape index (κ1) is 62.8. The van der Waals surface area contributed by atoms with Crippen molar-refractivity contribution >= 4 is 17.9 Å². The summed E-state index contributed by atoms with van der Waals surface area (Å²) in [5, 5.41) is 0. The minimum atomic E-state index is -0.791. The number of unbranched alkanes of at least 4 members (excludes halogenated alkanes) is 27. The highest BCUT2D eigenvalue weighted by Crippen LogP contribution is 2.16. The van der Waals surface area contributed by atoms with Gasteiger partial charge in [-0.25, -0.2) is 0 Å². The molecule has 6 heteroatoms. The van der Waals surface area contributed by atoms with Crippen LogP contribution in [0, 0.1) is 0 Å². The van der Waals surface area contributed by atoms with Gasteiger partial charge in [0.15, 0.2) is 6.10 Å². The second-order valence-electron chi connectivity index (χ2n) is 18.5. The molecule has 1 atom stereocenters. The number of carbonyl (C=O) groups excluding carboxylic acids is 3. The Bertz CT molecular complexity index is 1240. The second kappa shape index (κ2) is 54.5. The fraction of sp³-hybridized carbons (Fsp3) is 0.750. The molecule has 0 saturated carbocycles. The Balaban J connectivity index is 4.36. The van der Waals surface area contributed by atoms with Crippen LogP contribution in [0.5, 0.6) is 0 Å². The van der Waals surface area contributed by atoms with E-state index in [0.717, 1.165) is 116 Å². The monoisotopic (exact) mass is 921 g/mol. The van der Waals surface area contributed by atoms with E-state index in [0.29, 0.717) is 19.3 Å². The molecule has 6 nitrogen and oxygen atoms in total. The molecule has 0 N–H and O–H groups in total. The Hall–Kier alpha value is -3.15. The topological polar surface area (TPSA) is 78.9 Å². The SMILES string of the molecule is CC/C=C\C/C=C\C/C=C\C/C=C\C/C=C\CCCCCC(=O)OCC(COC(=O)CCCCCC/C=C\CCCC)OC(=O)CCCCCCCCCCCCCCCCCCCCC. The summed E-state index contributed by atoms with van der Waals surface area (Å²) in [6, 6.07) is 0. The highest BCUT2D eigenvalue weighted by atomic mass is 16.6. The predicted octanol–water partition coefficient (Wildman–Crippen LogP) is 18.6. The summed E-state index contributed by atoms with van der Waals surface area (Å²) in [4.78, 5) is 38.0. The molecule has 0 rings (SSSR count). The summed E-state index contributed by atoms with van der Waals surface area (Å²) in [5.41, 5.74) is 0. The van der Waals surface area contributed by atoms with Gasteiger partial charge in [0, 0.05) is 19.3 Å². The molecule has 380 valence electrons. The lowest BCUT2D eigenvalue weighted by atomic mass is 10.0. The Morgan fingerprint density at radius 1 is 0.318 bits per heavy atom. The van der Waals surface area contributed by atoms with Gasteiger partial charge in [-0.2, -0.15) is 0 Å². The maximum absolute atomic E-state index is 12.8. The molecular formula is C60H104O6. The second-order valence-corrected chi connectivity index (χ2v) is 18.5. The van der Waals surface area contributed by atoms with Crippen molar-refractivity contribution in [3.63, 3.8) is 0 Å². The van der Waals surface area contributed by atoms with Crippen LogP contribution < -0.4 is 0 Å². The molecule has 0 amide bonds. The largest absolute Gasteiger partial charge is 0.462 e. The summed E-state index contributed by atoms with van der Waals surface area (Å²) in [7, 11) is 0. The van der Waals surface area contributed by atoms with Crippen LogP contribution in [-0.2, 0) is 28.6 Å². The Labute approximate surface area is 408 Å². The molecule has 0 aliphatic rings. The van der Waals surface area contributed by atoms with Gasteiger partial charge in [0.05, 0.1) is 0 Å². The summed E-state index contributed by atoms with van der Waals surface area (Å²) >= 11 is 0. The van der Waals surface area contributed by atoms with Crippen molar-refractivity contribution in [1.82, 2.24) is 0 Å². The van der Waals surface area contributed by atoms with Crippen molar-refractivity contribution in [1.29, 1.82) is 0 Å². The van der Waals surface area contributed by atoms with Crippen molar-refractivity contribution in [2.75, 3.05) is 13.2 Å². The van der Waals surface area contributed by atoms with Gasteiger partial charge in [0.2, 0.25) is 0 Å². The molecular weight excluding hydrogens is 817 g/mol. The van der Waals surface area contributed by atoms with Crippen LogP contribution in [0.25, 0.3) is 0 Å². The van der Waals surface area contributed by atoms with E-state index >= 15 is 0 Å². The van der Waals surface area contributed by atoms with Crippen molar-refractivity contribution in [3.8, 4) is 0 Å². The number of ether oxygens (including phenoxy) is 3. The van der Waals surface area contributed by atoms with Crippen molar-refractivity contribution in [2.45, 2.75) is 277 Å². The van der Waals surface area contributed by atoms with Gasteiger partial charge in [-0.1, -0.05) is 241 Å². The van der Waals surface area contributed by atoms with E-state index in [1.807, 2.05) is 0 Å². The molecule has 0 aliphatic carbocycles. The minimum absolute atomic E-state index is 0.0904. The summed E-state index contributed by atoms with van der Waals surface area (Å²) in [6.07, 6.45) is 69.0. The number of allylic oxidation sites excluding steroid dienone is 12. The zero-order valence-corrected chi connectivity index (χ0v) is 43.4. The minimum Gasteiger partial charge on any atom is -0.462 e.